The molecule has 3 aromatic carbocycles. The zero-order valence-corrected chi connectivity index (χ0v) is 20.5. The number of amides is 1. The average Bonchev–Trinajstić information content (AvgIpc) is 3.84. The van der Waals surface area contributed by atoms with Crippen molar-refractivity contribution in [1.82, 2.24) is 9.55 Å². The van der Waals surface area contributed by atoms with Crippen LogP contribution < -0.4 is 5.32 Å². The van der Waals surface area contributed by atoms with Crippen molar-refractivity contribution in [3.63, 3.8) is 0 Å². The molecule has 2 saturated carbocycles. The Bertz CT molecular complexity index is 1470. The highest BCUT2D eigenvalue weighted by Crippen LogP contribution is 2.50. The van der Waals surface area contributed by atoms with Crippen LogP contribution >= 0.6 is 0 Å². The third-order valence-corrected chi connectivity index (χ3v) is 7.54. The van der Waals surface area contributed by atoms with Crippen molar-refractivity contribution in [3.8, 4) is 16.8 Å². The lowest BCUT2D eigenvalue weighted by Crippen LogP contribution is -2.23. The lowest BCUT2D eigenvalue weighted by molar-refractivity contribution is -0.140. The second-order valence-corrected chi connectivity index (χ2v) is 9.93. The van der Waals surface area contributed by atoms with Crippen LogP contribution in [-0.4, -0.2) is 26.7 Å². The van der Waals surface area contributed by atoms with Gasteiger partial charge in [0.15, 0.2) is 0 Å². The molecule has 37 heavy (non-hydrogen) atoms. The summed E-state index contributed by atoms with van der Waals surface area (Å²) in [6, 6.07) is 25.5. The summed E-state index contributed by atoms with van der Waals surface area (Å²) in [5.74, 6) is -0.185. The Morgan fingerprint density at radius 3 is 2.05 bits per heavy atom. The number of carboxylic acid groups (broad SMARTS) is 1. The van der Waals surface area contributed by atoms with E-state index in [9.17, 15) is 14.7 Å². The summed E-state index contributed by atoms with van der Waals surface area (Å²) in [5.41, 5.74) is 4.18. The predicted octanol–water partition coefficient (Wildman–Crippen LogP) is 6.20. The molecule has 2 fully saturated rings. The molecule has 0 unspecified atom stereocenters. The van der Waals surface area contributed by atoms with Gasteiger partial charge in [-0.25, -0.2) is 9.78 Å². The van der Waals surface area contributed by atoms with Gasteiger partial charge in [-0.1, -0.05) is 66.7 Å². The summed E-state index contributed by atoms with van der Waals surface area (Å²) < 4.78 is 7.68. The average molecular weight is 494 g/mol. The zero-order chi connectivity index (χ0) is 25.6. The molecule has 7 heteroatoms. The number of benzene rings is 3. The first kappa shape index (κ1) is 23.0. The highest BCUT2D eigenvalue weighted by molar-refractivity contribution is 5.86. The standard InChI is InChI=1S/C30H27N3O4/c1-20-26(32-28(36)37-30(17-18-30)24-5-3-2-4-6-24)33(19-31-20)25-13-9-22(10-14-25)21-7-11-23(12-8-21)29(15-16-29)27(34)35/h2-14,19H,15-18H2,1H3,(H,32,36)(H,34,35). The van der Waals surface area contributed by atoms with E-state index >= 15 is 0 Å². The van der Waals surface area contributed by atoms with Crippen molar-refractivity contribution in [1.29, 1.82) is 0 Å². The number of nitrogens with zero attached hydrogens (tertiary/aromatic N) is 2. The smallest absolute Gasteiger partial charge is 0.413 e. The SMILES string of the molecule is Cc1ncn(-c2ccc(-c3ccc(C4(C(=O)O)CC4)cc3)cc2)c1NC(=O)OC1(c2ccccc2)CC1. The Hall–Kier alpha value is -4.39. The molecule has 0 spiro atoms. The maximum absolute atomic E-state index is 12.8. The maximum Gasteiger partial charge on any atom is 0.413 e. The van der Waals surface area contributed by atoms with Crippen molar-refractivity contribution in [2.75, 3.05) is 5.32 Å². The van der Waals surface area contributed by atoms with E-state index in [1.807, 2.05) is 90.4 Å². The van der Waals surface area contributed by atoms with Crippen LogP contribution in [0.3, 0.4) is 0 Å². The topological polar surface area (TPSA) is 93.5 Å². The Balaban J connectivity index is 1.18. The Morgan fingerprint density at radius 2 is 1.49 bits per heavy atom. The quantitative estimate of drug-likeness (QED) is 0.320. The number of carbonyl (C=O) groups excluding carboxylic acids is 1. The van der Waals surface area contributed by atoms with Crippen LogP contribution in [0.5, 0.6) is 0 Å². The normalized spacial score (nSPS) is 16.6. The summed E-state index contributed by atoms with van der Waals surface area (Å²) >= 11 is 0. The predicted molar refractivity (Wildman–Crippen MR) is 140 cm³/mol. The number of imidazole rings is 1. The van der Waals surface area contributed by atoms with E-state index < -0.39 is 23.1 Å². The highest BCUT2D eigenvalue weighted by atomic mass is 16.6. The second kappa shape index (κ2) is 8.62. The molecule has 0 atom stereocenters. The van der Waals surface area contributed by atoms with Gasteiger partial charge in [-0.15, -0.1) is 0 Å². The van der Waals surface area contributed by atoms with Crippen LogP contribution in [0.1, 0.15) is 42.5 Å². The number of anilines is 1. The van der Waals surface area contributed by atoms with E-state index in [2.05, 4.69) is 10.3 Å². The fourth-order valence-corrected chi connectivity index (χ4v) is 4.94. The van der Waals surface area contributed by atoms with E-state index in [0.717, 1.165) is 40.8 Å². The Labute approximate surface area is 214 Å². The van der Waals surface area contributed by atoms with Gasteiger partial charge < -0.3 is 9.84 Å². The summed E-state index contributed by atoms with van der Waals surface area (Å²) in [6.07, 6.45) is 4.18. The summed E-state index contributed by atoms with van der Waals surface area (Å²) in [6.45, 7) is 1.84. The van der Waals surface area contributed by atoms with E-state index in [0.29, 0.717) is 24.4 Å². The first-order chi connectivity index (χ1) is 17.9. The van der Waals surface area contributed by atoms with E-state index in [1.165, 1.54) is 0 Å². The van der Waals surface area contributed by atoms with Crippen molar-refractivity contribution >= 4 is 17.9 Å². The number of ether oxygens (including phenoxy) is 1. The maximum atomic E-state index is 12.8. The van der Waals surface area contributed by atoms with Gasteiger partial charge in [0.2, 0.25) is 0 Å². The van der Waals surface area contributed by atoms with Crippen LogP contribution in [0, 0.1) is 6.92 Å². The second-order valence-electron chi connectivity index (χ2n) is 9.93. The number of aliphatic carboxylic acids is 1. The Kier molecular flexibility index (Phi) is 5.37. The number of aryl methyl sites for hydroxylation is 1. The molecule has 4 aromatic rings. The number of carboxylic acids is 1. The third kappa shape index (κ3) is 4.16. The van der Waals surface area contributed by atoms with Gasteiger partial charge in [-0.2, -0.15) is 0 Å². The van der Waals surface area contributed by atoms with Crippen molar-refractivity contribution in [3.05, 3.63) is 102 Å². The molecule has 0 aliphatic heterocycles. The van der Waals surface area contributed by atoms with Crippen molar-refractivity contribution in [2.24, 2.45) is 0 Å². The van der Waals surface area contributed by atoms with Gasteiger partial charge in [-0.05, 0) is 67.0 Å². The first-order valence-corrected chi connectivity index (χ1v) is 12.4. The number of rotatable bonds is 7. The van der Waals surface area contributed by atoms with E-state index in [1.54, 1.807) is 6.33 Å². The minimum Gasteiger partial charge on any atom is -0.481 e. The molecule has 7 nitrogen and oxygen atoms in total. The van der Waals surface area contributed by atoms with Crippen molar-refractivity contribution < 1.29 is 19.4 Å². The van der Waals surface area contributed by atoms with E-state index in [-0.39, 0.29) is 0 Å². The zero-order valence-electron chi connectivity index (χ0n) is 20.5. The van der Waals surface area contributed by atoms with Gasteiger partial charge in [0.25, 0.3) is 0 Å². The lowest BCUT2D eigenvalue weighted by atomic mass is 9.94. The minimum atomic E-state index is -0.749. The van der Waals surface area contributed by atoms with Crippen LogP contribution in [0.4, 0.5) is 10.6 Å². The van der Waals surface area contributed by atoms with Crippen LogP contribution in [0.15, 0.2) is 85.2 Å². The molecule has 6 rings (SSSR count). The fraction of sp³-hybridized carbons (Fsp3) is 0.233. The highest BCUT2D eigenvalue weighted by Gasteiger charge is 2.51. The van der Waals surface area contributed by atoms with Crippen LogP contribution in [0.25, 0.3) is 16.8 Å². The number of hydrogen-bond donors (Lipinski definition) is 2. The molecule has 186 valence electrons. The summed E-state index contributed by atoms with van der Waals surface area (Å²) in [4.78, 5) is 28.8. The van der Waals surface area contributed by atoms with Gasteiger partial charge in [-0.3, -0.25) is 14.7 Å². The van der Waals surface area contributed by atoms with Crippen LogP contribution in [0.2, 0.25) is 0 Å². The molecule has 0 radical (unpaired) electrons. The summed E-state index contributed by atoms with van der Waals surface area (Å²) in [7, 11) is 0. The number of nitrogens with one attached hydrogen (secondary N) is 1. The molecule has 1 heterocycles. The Morgan fingerprint density at radius 1 is 0.865 bits per heavy atom. The minimum absolute atomic E-state index is 0.502. The monoisotopic (exact) mass is 493 g/mol. The van der Waals surface area contributed by atoms with Gasteiger partial charge >= 0.3 is 12.1 Å². The number of aromatic nitrogens is 2. The number of hydrogen-bond acceptors (Lipinski definition) is 4. The summed E-state index contributed by atoms with van der Waals surface area (Å²) in [5, 5.41) is 12.4. The molecule has 2 aliphatic rings. The molecule has 2 aliphatic carbocycles. The third-order valence-electron chi connectivity index (χ3n) is 7.54. The van der Waals surface area contributed by atoms with Gasteiger partial charge in [0.05, 0.1) is 11.1 Å². The number of carbonyl (C=O) groups is 2. The van der Waals surface area contributed by atoms with Crippen molar-refractivity contribution in [2.45, 2.75) is 43.6 Å². The van der Waals surface area contributed by atoms with Gasteiger partial charge in [0, 0.05) is 5.69 Å². The largest absolute Gasteiger partial charge is 0.481 e. The van der Waals surface area contributed by atoms with E-state index in [4.69, 9.17) is 4.74 Å². The molecule has 0 saturated heterocycles. The first-order valence-electron chi connectivity index (χ1n) is 12.4. The fourth-order valence-electron chi connectivity index (χ4n) is 4.94. The molecule has 0 bridgehead atoms. The molecular formula is C30H27N3O4. The lowest BCUT2D eigenvalue weighted by Gasteiger charge is -2.18. The molecule has 1 amide bonds. The molecule has 2 N–H and O–H groups in total. The van der Waals surface area contributed by atoms with Gasteiger partial charge in [0.1, 0.15) is 17.7 Å². The molecule has 1 aromatic heterocycles. The molecular weight excluding hydrogens is 466 g/mol. The van der Waals surface area contributed by atoms with Crippen LogP contribution in [-0.2, 0) is 20.5 Å².